The van der Waals surface area contributed by atoms with Crippen LogP contribution in [-0.4, -0.2) is 31.3 Å². The highest BCUT2D eigenvalue weighted by molar-refractivity contribution is 7.16. The van der Waals surface area contributed by atoms with Gasteiger partial charge in [0, 0.05) is 25.4 Å². The lowest BCUT2D eigenvalue weighted by molar-refractivity contribution is 0.527. The molecule has 1 aliphatic rings. The zero-order valence-electron chi connectivity index (χ0n) is 11.1. The summed E-state index contributed by atoms with van der Waals surface area (Å²) in [6.07, 6.45) is 2.60. The van der Waals surface area contributed by atoms with E-state index in [-0.39, 0.29) is 0 Å². The highest BCUT2D eigenvalue weighted by Gasteiger charge is 2.24. The predicted octanol–water partition coefficient (Wildman–Crippen LogP) is 1.88. The van der Waals surface area contributed by atoms with E-state index in [0.29, 0.717) is 5.92 Å². The number of thiophene rings is 1. The van der Waals surface area contributed by atoms with E-state index in [2.05, 4.69) is 36.1 Å². The van der Waals surface area contributed by atoms with Gasteiger partial charge in [0.15, 0.2) is 0 Å². The topological polar surface area (TPSA) is 68.5 Å². The van der Waals surface area contributed by atoms with Crippen molar-refractivity contribution >= 4 is 27.4 Å². The van der Waals surface area contributed by atoms with Crippen LogP contribution in [0.5, 0.6) is 0 Å². The van der Waals surface area contributed by atoms with E-state index in [1.165, 1.54) is 0 Å². The minimum Gasteiger partial charge on any atom is -0.369 e. The smallest absolute Gasteiger partial charge is 0.138 e. The lowest BCUT2D eigenvalue weighted by atomic mass is 10.1. The van der Waals surface area contributed by atoms with Crippen LogP contribution in [0, 0.1) is 12.8 Å². The summed E-state index contributed by atoms with van der Waals surface area (Å²) in [6, 6.07) is 2.07. The number of anilines is 1. The molecule has 0 saturated carbocycles. The van der Waals surface area contributed by atoms with E-state index in [1.54, 1.807) is 17.7 Å². The van der Waals surface area contributed by atoms with Gasteiger partial charge in [0.1, 0.15) is 28.6 Å². The van der Waals surface area contributed by atoms with E-state index < -0.39 is 0 Å². The van der Waals surface area contributed by atoms with Gasteiger partial charge in [-0.25, -0.2) is 9.97 Å². The van der Waals surface area contributed by atoms with Crippen LogP contribution in [0.15, 0.2) is 17.8 Å². The summed E-state index contributed by atoms with van der Waals surface area (Å²) < 4.78 is 2.20. The molecule has 1 unspecified atom stereocenters. The van der Waals surface area contributed by atoms with Crippen molar-refractivity contribution in [3.8, 4) is 0 Å². The molecule has 20 heavy (non-hydrogen) atoms. The first-order chi connectivity index (χ1) is 9.81. The van der Waals surface area contributed by atoms with Crippen molar-refractivity contribution in [2.24, 2.45) is 5.92 Å². The molecule has 0 saturated heterocycles. The van der Waals surface area contributed by atoms with Gasteiger partial charge in [-0.1, -0.05) is 0 Å². The Morgan fingerprint density at radius 1 is 1.40 bits per heavy atom. The predicted molar refractivity (Wildman–Crippen MR) is 77.9 cm³/mol. The number of nitrogens with zero attached hydrogens (tertiary/aromatic N) is 5. The number of nitrogens with one attached hydrogen (secondary N) is 1. The molecule has 0 amide bonds. The van der Waals surface area contributed by atoms with Crippen molar-refractivity contribution in [2.75, 3.05) is 11.9 Å². The summed E-state index contributed by atoms with van der Waals surface area (Å²) >= 11 is 1.64. The highest BCUT2D eigenvalue weighted by Crippen LogP contribution is 2.25. The molecule has 3 aromatic heterocycles. The zero-order chi connectivity index (χ0) is 13.5. The molecule has 1 atom stereocenters. The summed E-state index contributed by atoms with van der Waals surface area (Å²) in [5.74, 6) is 3.57. The normalized spacial score (nSPS) is 17.6. The summed E-state index contributed by atoms with van der Waals surface area (Å²) in [4.78, 5) is 9.64. The van der Waals surface area contributed by atoms with Crippen molar-refractivity contribution < 1.29 is 0 Å². The second-order valence-corrected chi connectivity index (χ2v) is 5.98. The molecule has 0 bridgehead atoms. The van der Waals surface area contributed by atoms with Crippen LogP contribution in [0.1, 0.15) is 11.6 Å². The molecule has 0 spiro atoms. The van der Waals surface area contributed by atoms with E-state index in [1.807, 2.05) is 12.3 Å². The van der Waals surface area contributed by atoms with Gasteiger partial charge in [-0.3, -0.25) is 0 Å². The standard InChI is InChI=1S/C13H14N6S/c1-8-17-18-11-4-9(6-19(8)11)5-14-12-10-2-3-20-13(10)16-7-15-12/h2-3,7,9H,4-6H2,1H3,(H,14,15,16). The molecule has 1 N–H and O–H groups in total. The van der Waals surface area contributed by atoms with Gasteiger partial charge in [-0.05, 0) is 18.4 Å². The van der Waals surface area contributed by atoms with Crippen LogP contribution in [0.25, 0.3) is 10.2 Å². The maximum absolute atomic E-state index is 4.34. The fourth-order valence-corrected chi connectivity index (χ4v) is 3.44. The second-order valence-electron chi connectivity index (χ2n) is 5.09. The lowest BCUT2D eigenvalue weighted by Crippen LogP contribution is -2.17. The Hall–Kier alpha value is -2.02. The number of rotatable bonds is 3. The third-order valence-corrected chi connectivity index (χ3v) is 4.57. The van der Waals surface area contributed by atoms with Gasteiger partial charge in [-0.15, -0.1) is 21.5 Å². The molecular weight excluding hydrogens is 272 g/mol. The molecule has 4 rings (SSSR count). The van der Waals surface area contributed by atoms with E-state index >= 15 is 0 Å². The van der Waals surface area contributed by atoms with Crippen LogP contribution in [-0.2, 0) is 13.0 Å². The monoisotopic (exact) mass is 286 g/mol. The van der Waals surface area contributed by atoms with Crippen LogP contribution in [0.3, 0.4) is 0 Å². The second kappa shape index (κ2) is 4.52. The van der Waals surface area contributed by atoms with Crippen molar-refractivity contribution in [1.29, 1.82) is 0 Å². The van der Waals surface area contributed by atoms with E-state index in [0.717, 1.165) is 47.2 Å². The van der Waals surface area contributed by atoms with Gasteiger partial charge in [-0.2, -0.15) is 0 Å². The number of aromatic nitrogens is 5. The summed E-state index contributed by atoms with van der Waals surface area (Å²) in [6.45, 7) is 3.88. The van der Waals surface area contributed by atoms with Crippen molar-refractivity contribution in [3.63, 3.8) is 0 Å². The third-order valence-electron chi connectivity index (χ3n) is 3.74. The van der Waals surface area contributed by atoms with Crippen molar-refractivity contribution in [3.05, 3.63) is 29.4 Å². The minimum absolute atomic E-state index is 0.544. The number of hydrogen-bond acceptors (Lipinski definition) is 6. The van der Waals surface area contributed by atoms with E-state index in [9.17, 15) is 0 Å². The molecule has 3 aromatic rings. The average molecular weight is 286 g/mol. The summed E-state index contributed by atoms with van der Waals surface area (Å²) in [5, 5.41) is 14.9. The van der Waals surface area contributed by atoms with Crippen LogP contribution < -0.4 is 5.32 Å². The minimum atomic E-state index is 0.544. The molecule has 4 heterocycles. The molecular formula is C13H14N6S. The maximum atomic E-state index is 4.34. The Morgan fingerprint density at radius 3 is 3.25 bits per heavy atom. The van der Waals surface area contributed by atoms with Crippen molar-refractivity contribution in [1.82, 2.24) is 24.7 Å². The first-order valence-corrected chi connectivity index (χ1v) is 7.50. The fraction of sp³-hybridized carbons (Fsp3) is 0.385. The summed E-state index contributed by atoms with van der Waals surface area (Å²) in [5.41, 5.74) is 0. The van der Waals surface area contributed by atoms with Crippen LogP contribution >= 0.6 is 11.3 Å². The van der Waals surface area contributed by atoms with Gasteiger partial charge in [0.2, 0.25) is 0 Å². The Labute approximate surface area is 119 Å². The van der Waals surface area contributed by atoms with Gasteiger partial charge in [0.05, 0.1) is 5.39 Å². The maximum Gasteiger partial charge on any atom is 0.138 e. The molecule has 6 nitrogen and oxygen atoms in total. The van der Waals surface area contributed by atoms with Gasteiger partial charge in [0.25, 0.3) is 0 Å². The Balaban J connectivity index is 1.48. The fourth-order valence-electron chi connectivity index (χ4n) is 2.70. The number of aryl methyl sites for hydroxylation is 1. The SMILES string of the molecule is Cc1nnc2n1CC(CNc1ncnc3sccc13)C2. The third kappa shape index (κ3) is 1.85. The molecule has 0 aliphatic carbocycles. The zero-order valence-corrected chi connectivity index (χ0v) is 11.9. The quantitative estimate of drug-likeness (QED) is 0.796. The molecule has 102 valence electrons. The molecule has 0 fully saturated rings. The Kier molecular flexibility index (Phi) is 2.66. The molecule has 0 radical (unpaired) electrons. The Morgan fingerprint density at radius 2 is 2.35 bits per heavy atom. The summed E-state index contributed by atoms with van der Waals surface area (Å²) in [7, 11) is 0. The van der Waals surface area contributed by atoms with Crippen LogP contribution in [0.2, 0.25) is 0 Å². The Bertz CT molecular complexity index is 761. The molecule has 1 aliphatic heterocycles. The average Bonchev–Trinajstić information content (AvgIpc) is 3.14. The first kappa shape index (κ1) is 11.8. The van der Waals surface area contributed by atoms with Gasteiger partial charge < -0.3 is 9.88 Å². The lowest BCUT2D eigenvalue weighted by Gasteiger charge is -2.11. The first-order valence-electron chi connectivity index (χ1n) is 6.62. The molecule has 7 heteroatoms. The van der Waals surface area contributed by atoms with Crippen molar-refractivity contribution in [2.45, 2.75) is 19.9 Å². The highest BCUT2D eigenvalue weighted by atomic mass is 32.1. The van der Waals surface area contributed by atoms with E-state index in [4.69, 9.17) is 0 Å². The number of hydrogen-bond donors (Lipinski definition) is 1. The molecule has 0 aromatic carbocycles. The van der Waals surface area contributed by atoms with Crippen LogP contribution in [0.4, 0.5) is 5.82 Å². The largest absolute Gasteiger partial charge is 0.369 e. The number of fused-ring (bicyclic) bond motifs is 2. The van der Waals surface area contributed by atoms with Gasteiger partial charge >= 0.3 is 0 Å².